The van der Waals surface area contributed by atoms with Crippen molar-refractivity contribution < 1.29 is 0 Å². The maximum atomic E-state index is 3.91. The van der Waals surface area contributed by atoms with Crippen molar-refractivity contribution in [2.24, 2.45) is 0 Å². The summed E-state index contributed by atoms with van der Waals surface area (Å²) in [5.41, 5.74) is 1.41. The third-order valence-electron chi connectivity index (χ3n) is 2.14. The molecule has 1 heteroatoms. The van der Waals surface area contributed by atoms with Gasteiger partial charge in [0.15, 0.2) is 0 Å². The molecule has 0 amide bonds. The number of hydrogen-bond donors (Lipinski definition) is 0. The van der Waals surface area contributed by atoms with E-state index in [1.165, 1.54) is 11.6 Å². The zero-order valence-electron chi connectivity index (χ0n) is 8.46. The molecule has 0 saturated heterocycles. The minimum absolute atomic E-state index is 0.164. The lowest BCUT2D eigenvalue weighted by molar-refractivity contribution is 0.953. The molecule has 0 N–H and O–H groups in total. The summed E-state index contributed by atoms with van der Waals surface area (Å²) in [7, 11) is -0.164. The van der Waals surface area contributed by atoms with Crippen molar-refractivity contribution in [2.45, 2.75) is 25.1 Å². The van der Waals surface area contributed by atoms with Crippen LogP contribution in [0, 0.1) is 0 Å². The summed E-state index contributed by atoms with van der Waals surface area (Å²) < 4.78 is 0. The van der Waals surface area contributed by atoms with Gasteiger partial charge in [0, 0.05) is 8.80 Å². The standard InChI is InChI=1S/C12H17Si/c1-4-11(10-13(2)3)12-8-6-5-7-9-12/h4-9,11H,1,10H2,2-3H3. The summed E-state index contributed by atoms with van der Waals surface area (Å²) in [5.74, 6) is 0.560. The third kappa shape index (κ3) is 3.19. The number of hydrogen-bond acceptors (Lipinski definition) is 0. The molecule has 1 atom stereocenters. The highest BCUT2D eigenvalue weighted by molar-refractivity contribution is 6.55. The average Bonchev–Trinajstić information content (AvgIpc) is 2.15. The van der Waals surface area contributed by atoms with Crippen LogP contribution in [0.4, 0.5) is 0 Å². The first-order chi connectivity index (χ1) is 6.24. The van der Waals surface area contributed by atoms with Crippen molar-refractivity contribution in [1.29, 1.82) is 0 Å². The van der Waals surface area contributed by atoms with Gasteiger partial charge in [0.05, 0.1) is 0 Å². The Morgan fingerprint density at radius 1 is 1.31 bits per heavy atom. The molecule has 1 unspecified atom stereocenters. The molecule has 0 bridgehead atoms. The van der Waals surface area contributed by atoms with Crippen LogP contribution in [0.3, 0.4) is 0 Å². The lowest BCUT2D eigenvalue weighted by Crippen LogP contribution is -2.06. The van der Waals surface area contributed by atoms with Crippen LogP contribution < -0.4 is 0 Å². The van der Waals surface area contributed by atoms with Crippen LogP contribution in [0.15, 0.2) is 43.0 Å². The van der Waals surface area contributed by atoms with Crippen LogP contribution in [0.25, 0.3) is 0 Å². The van der Waals surface area contributed by atoms with E-state index < -0.39 is 0 Å². The topological polar surface area (TPSA) is 0 Å². The van der Waals surface area contributed by atoms with E-state index in [1.54, 1.807) is 0 Å². The predicted molar refractivity (Wildman–Crippen MR) is 61.7 cm³/mol. The van der Waals surface area contributed by atoms with E-state index in [9.17, 15) is 0 Å². The van der Waals surface area contributed by atoms with Gasteiger partial charge in [-0.2, -0.15) is 0 Å². The molecule has 1 radical (unpaired) electrons. The largest absolute Gasteiger partial charge is 0.102 e. The van der Waals surface area contributed by atoms with E-state index in [0.29, 0.717) is 5.92 Å². The highest BCUT2D eigenvalue weighted by Gasteiger charge is 2.09. The summed E-state index contributed by atoms with van der Waals surface area (Å²) in [6.45, 7) is 8.61. The minimum Gasteiger partial charge on any atom is -0.102 e. The van der Waals surface area contributed by atoms with Crippen LogP contribution in [-0.4, -0.2) is 8.80 Å². The fraction of sp³-hybridized carbons (Fsp3) is 0.333. The molecule has 1 aromatic carbocycles. The van der Waals surface area contributed by atoms with E-state index in [1.807, 2.05) is 0 Å². The molecule has 1 rings (SSSR count). The molecule has 0 saturated carbocycles. The molecular weight excluding hydrogens is 172 g/mol. The molecule has 0 fully saturated rings. The fourth-order valence-electron chi connectivity index (χ4n) is 1.48. The van der Waals surface area contributed by atoms with Crippen LogP contribution >= 0.6 is 0 Å². The van der Waals surface area contributed by atoms with E-state index >= 15 is 0 Å². The Morgan fingerprint density at radius 2 is 1.92 bits per heavy atom. The normalized spacial score (nSPS) is 12.8. The summed E-state index contributed by atoms with van der Waals surface area (Å²) in [6.07, 6.45) is 2.08. The van der Waals surface area contributed by atoms with Crippen molar-refractivity contribution in [3.63, 3.8) is 0 Å². The van der Waals surface area contributed by atoms with Crippen LogP contribution in [0.2, 0.25) is 19.1 Å². The van der Waals surface area contributed by atoms with Gasteiger partial charge in [-0.3, -0.25) is 0 Å². The van der Waals surface area contributed by atoms with Gasteiger partial charge >= 0.3 is 0 Å². The molecule has 0 aliphatic carbocycles. The van der Waals surface area contributed by atoms with E-state index in [-0.39, 0.29) is 8.80 Å². The maximum absolute atomic E-state index is 3.91. The minimum atomic E-state index is -0.164. The van der Waals surface area contributed by atoms with Crippen LogP contribution in [0.5, 0.6) is 0 Å². The molecule has 0 aliphatic rings. The van der Waals surface area contributed by atoms with Gasteiger partial charge in [0.25, 0.3) is 0 Å². The predicted octanol–water partition coefficient (Wildman–Crippen LogP) is 3.71. The Balaban J connectivity index is 2.73. The van der Waals surface area contributed by atoms with Crippen molar-refractivity contribution in [3.05, 3.63) is 48.6 Å². The molecule has 1 aromatic rings. The molecule has 0 aliphatic heterocycles. The first-order valence-electron chi connectivity index (χ1n) is 4.70. The summed E-state index contributed by atoms with van der Waals surface area (Å²) in [4.78, 5) is 0. The Bertz CT molecular complexity index is 251. The van der Waals surface area contributed by atoms with Crippen molar-refractivity contribution in [2.75, 3.05) is 0 Å². The highest BCUT2D eigenvalue weighted by atomic mass is 28.3. The smallest absolute Gasteiger partial charge is 0.0422 e. The monoisotopic (exact) mass is 189 g/mol. The SMILES string of the molecule is C=CC(C[Si](C)C)c1ccccc1. The third-order valence-corrected chi connectivity index (χ3v) is 3.40. The molecule has 13 heavy (non-hydrogen) atoms. The fourth-order valence-corrected chi connectivity index (χ4v) is 2.76. The van der Waals surface area contributed by atoms with Gasteiger partial charge in [0.2, 0.25) is 0 Å². The second kappa shape index (κ2) is 5.03. The Morgan fingerprint density at radius 3 is 2.38 bits per heavy atom. The van der Waals surface area contributed by atoms with Crippen molar-refractivity contribution in [1.82, 2.24) is 0 Å². The molecule has 0 spiro atoms. The second-order valence-electron chi connectivity index (χ2n) is 3.66. The van der Waals surface area contributed by atoms with Gasteiger partial charge < -0.3 is 0 Å². The summed E-state index contributed by atoms with van der Waals surface area (Å²) >= 11 is 0. The summed E-state index contributed by atoms with van der Waals surface area (Å²) in [5, 5.41) is 0. The number of allylic oxidation sites excluding steroid dienone is 1. The molecule has 0 aromatic heterocycles. The van der Waals surface area contributed by atoms with Gasteiger partial charge in [-0.1, -0.05) is 49.5 Å². The Hall–Kier alpha value is -0.823. The first kappa shape index (κ1) is 10.3. The maximum Gasteiger partial charge on any atom is 0.0422 e. The average molecular weight is 189 g/mol. The van der Waals surface area contributed by atoms with Crippen molar-refractivity contribution >= 4 is 8.80 Å². The first-order valence-corrected chi connectivity index (χ1v) is 7.41. The van der Waals surface area contributed by atoms with Crippen LogP contribution in [-0.2, 0) is 0 Å². The quantitative estimate of drug-likeness (QED) is 0.500. The Kier molecular flexibility index (Phi) is 3.97. The van der Waals surface area contributed by atoms with E-state index in [2.05, 4.69) is 56.1 Å². The van der Waals surface area contributed by atoms with Gasteiger partial charge in [-0.05, 0) is 17.5 Å². The van der Waals surface area contributed by atoms with Gasteiger partial charge in [-0.15, -0.1) is 6.58 Å². The number of rotatable bonds is 4. The molecule has 0 nitrogen and oxygen atoms in total. The highest BCUT2D eigenvalue weighted by Crippen LogP contribution is 2.22. The van der Waals surface area contributed by atoms with Crippen LogP contribution in [0.1, 0.15) is 11.5 Å². The lowest BCUT2D eigenvalue weighted by atomic mass is 10.0. The summed E-state index contributed by atoms with van der Waals surface area (Å²) in [6, 6.07) is 11.9. The zero-order chi connectivity index (χ0) is 9.68. The van der Waals surface area contributed by atoms with E-state index in [0.717, 1.165) is 0 Å². The van der Waals surface area contributed by atoms with Crippen molar-refractivity contribution in [3.8, 4) is 0 Å². The molecular formula is C12H17Si. The molecule has 0 heterocycles. The Labute approximate surface area is 82.9 Å². The van der Waals surface area contributed by atoms with Gasteiger partial charge in [-0.25, -0.2) is 0 Å². The van der Waals surface area contributed by atoms with Gasteiger partial charge in [0.1, 0.15) is 0 Å². The number of benzene rings is 1. The van der Waals surface area contributed by atoms with E-state index in [4.69, 9.17) is 0 Å². The second-order valence-corrected chi connectivity index (χ2v) is 6.49. The lowest BCUT2D eigenvalue weighted by Gasteiger charge is -2.14. The molecule has 69 valence electrons. The zero-order valence-corrected chi connectivity index (χ0v) is 9.46.